The number of rotatable bonds is 4. The first kappa shape index (κ1) is 14.1. The molecule has 98 valence electrons. The Kier molecular flexibility index (Phi) is 5.24. The summed E-state index contributed by atoms with van der Waals surface area (Å²) in [5.41, 5.74) is 1.85. The lowest BCUT2D eigenvalue weighted by Gasteiger charge is -2.08. The fraction of sp³-hybridized carbons (Fsp3) is 0.357. The third-order valence-electron chi connectivity index (χ3n) is 2.69. The molecule has 18 heavy (non-hydrogen) atoms. The van der Waals surface area contributed by atoms with Crippen LogP contribution in [-0.2, 0) is 0 Å². The second kappa shape index (κ2) is 6.69. The van der Waals surface area contributed by atoms with Crippen molar-refractivity contribution in [3.63, 3.8) is 0 Å². The average Bonchev–Trinajstić information content (AvgIpc) is 2.36. The third-order valence-corrected chi connectivity index (χ3v) is 2.69. The van der Waals surface area contributed by atoms with Gasteiger partial charge >= 0.3 is 6.03 Å². The van der Waals surface area contributed by atoms with E-state index in [4.69, 9.17) is 4.74 Å². The summed E-state index contributed by atoms with van der Waals surface area (Å²) in [6.07, 6.45) is 1.73. The van der Waals surface area contributed by atoms with Crippen molar-refractivity contribution in [2.24, 2.45) is 5.92 Å². The van der Waals surface area contributed by atoms with Crippen LogP contribution in [0.1, 0.15) is 20.8 Å². The number of carbonyl (C=O) groups is 1. The molecule has 1 rings (SSSR count). The zero-order valence-electron chi connectivity index (χ0n) is 11.3. The molecule has 1 aromatic carbocycles. The summed E-state index contributed by atoms with van der Waals surface area (Å²) >= 11 is 0. The van der Waals surface area contributed by atoms with Gasteiger partial charge in [0.1, 0.15) is 5.75 Å². The molecule has 4 nitrogen and oxygen atoms in total. The summed E-state index contributed by atoms with van der Waals surface area (Å²) in [7, 11) is 1.61. The zero-order valence-corrected chi connectivity index (χ0v) is 11.3. The molecule has 4 heteroatoms. The van der Waals surface area contributed by atoms with Gasteiger partial charge in [0.25, 0.3) is 0 Å². The Labute approximate surface area is 108 Å². The predicted octanol–water partition coefficient (Wildman–Crippen LogP) is 3.38. The van der Waals surface area contributed by atoms with Crippen molar-refractivity contribution in [2.75, 3.05) is 12.4 Å². The number of hydrogen-bond donors (Lipinski definition) is 2. The molecule has 2 N–H and O–H groups in total. The zero-order chi connectivity index (χ0) is 13.5. The molecular weight excluding hydrogens is 228 g/mol. The number of ether oxygens (including phenoxy) is 1. The molecule has 0 aliphatic rings. The number of urea groups is 1. The lowest BCUT2D eigenvalue weighted by molar-refractivity contribution is 0.255. The maximum atomic E-state index is 11.6. The van der Waals surface area contributed by atoms with Gasteiger partial charge in [-0.25, -0.2) is 4.79 Å². The van der Waals surface area contributed by atoms with Crippen LogP contribution in [0.3, 0.4) is 0 Å². The van der Waals surface area contributed by atoms with Crippen molar-refractivity contribution in [3.05, 3.63) is 36.0 Å². The predicted molar refractivity (Wildman–Crippen MR) is 73.7 cm³/mol. The van der Waals surface area contributed by atoms with Crippen molar-refractivity contribution in [3.8, 4) is 5.75 Å². The first-order chi connectivity index (χ1) is 8.52. The van der Waals surface area contributed by atoms with Crippen LogP contribution < -0.4 is 15.4 Å². The van der Waals surface area contributed by atoms with Gasteiger partial charge in [-0.3, -0.25) is 0 Å². The van der Waals surface area contributed by atoms with Gasteiger partial charge in [0.05, 0.1) is 7.11 Å². The van der Waals surface area contributed by atoms with Crippen LogP contribution in [0.5, 0.6) is 5.75 Å². The second-order valence-electron chi connectivity index (χ2n) is 4.37. The highest BCUT2D eigenvalue weighted by molar-refractivity contribution is 5.89. The molecule has 1 aromatic rings. The average molecular weight is 248 g/mol. The largest absolute Gasteiger partial charge is 0.497 e. The summed E-state index contributed by atoms with van der Waals surface area (Å²) in [4.78, 5) is 11.6. The molecule has 0 unspecified atom stereocenters. The fourth-order valence-corrected chi connectivity index (χ4v) is 1.19. The van der Waals surface area contributed by atoms with Gasteiger partial charge in [-0.2, -0.15) is 0 Å². The molecule has 0 bridgehead atoms. The van der Waals surface area contributed by atoms with E-state index >= 15 is 0 Å². The van der Waals surface area contributed by atoms with Crippen LogP contribution in [0, 0.1) is 5.92 Å². The van der Waals surface area contributed by atoms with E-state index < -0.39 is 0 Å². The minimum atomic E-state index is -0.250. The number of hydrogen-bond acceptors (Lipinski definition) is 2. The normalized spacial score (nSPS) is 11.3. The Hall–Kier alpha value is -1.97. The molecule has 0 saturated heterocycles. The molecule has 2 amide bonds. The lowest BCUT2D eigenvalue weighted by Crippen LogP contribution is -2.24. The monoisotopic (exact) mass is 248 g/mol. The highest BCUT2D eigenvalue weighted by atomic mass is 16.5. The highest BCUT2D eigenvalue weighted by Crippen LogP contribution is 2.14. The van der Waals surface area contributed by atoms with Crippen LogP contribution >= 0.6 is 0 Å². The Bertz CT molecular complexity index is 422. The molecule has 0 aliphatic carbocycles. The van der Waals surface area contributed by atoms with E-state index in [1.54, 1.807) is 37.6 Å². The maximum Gasteiger partial charge on any atom is 0.323 e. The van der Waals surface area contributed by atoms with Gasteiger partial charge in [-0.05, 0) is 37.1 Å². The standard InChI is InChI=1S/C14H20N2O2/c1-10(2)11(3)9-15-14(17)16-12-5-7-13(18-4)8-6-12/h5-10H,1-4H3,(H2,15,16,17)/b11-9+. The molecule has 0 aromatic heterocycles. The molecule has 0 spiro atoms. The highest BCUT2D eigenvalue weighted by Gasteiger charge is 2.01. The van der Waals surface area contributed by atoms with Crippen LogP contribution in [0.25, 0.3) is 0 Å². The van der Waals surface area contributed by atoms with Crippen molar-refractivity contribution in [1.29, 1.82) is 0 Å². The van der Waals surface area contributed by atoms with Gasteiger partial charge in [0.15, 0.2) is 0 Å². The van der Waals surface area contributed by atoms with Crippen molar-refractivity contribution in [2.45, 2.75) is 20.8 Å². The van der Waals surface area contributed by atoms with E-state index in [-0.39, 0.29) is 6.03 Å². The summed E-state index contributed by atoms with van der Waals surface area (Å²) in [6.45, 7) is 6.14. The second-order valence-corrected chi connectivity index (χ2v) is 4.37. The number of nitrogens with one attached hydrogen (secondary N) is 2. The first-order valence-electron chi connectivity index (χ1n) is 5.91. The SMILES string of the molecule is COc1ccc(NC(=O)N/C=C(\C)C(C)C)cc1. The summed E-state index contributed by atoms with van der Waals surface area (Å²) < 4.78 is 5.04. The van der Waals surface area contributed by atoms with Crippen molar-refractivity contribution >= 4 is 11.7 Å². The van der Waals surface area contributed by atoms with Gasteiger partial charge in [-0.15, -0.1) is 0 Å². The van der Waals surface area contributed by atoms with Crippen molar-refractivity contribution < 1.29 is 9.53 Å². The Morgan fingerprint density at radius 2 is 1.89 bits per heavy atom. The Morgan fingerprint density at radius 3 is 2.39 bits per heavy atom. The van der Waals surface area contributed by atoms with Crippen LogP contribution in [0.2, 0.25) is 0 Å². The fourth-order valence-electron chi connectivity index (χ4n) is 1.19. The van der Waals surface area contributed by atoms with E-state index in [9.17, 15) is 4.79 Å². The molecule has 0 atom stereocenters. The maximum absolute atomic E-state index is 11.6. The van der Waals surface area contributed by atoms with E-state index in [0.29, 0.717) is 5.92 Å². The summed E-state index contributed by atoms with van der Waals surface area (Å²) in [5, 5.41) is 5.43. The Morgan fingerprint density at radius 1 is 1.28 bits per heavy atom. The topological polar surface area (TPSA) is 50.4 Å². The number of benzene rings is 1. The smallest absolute Gasteiger partial charge is 0.323 e. The number of allylic oxidation sites excluding steroid dienone is 1. The van der Waals surface area contributed by atoms with E-state index in [0.717, 1.165) is 17.0 Å². The van der Waals surface area contributed by atoms with E-state index in [2.05, 4.69) is 24.5 Å². The van der Waals surface area contributed by atoms with Gasteiger partial charge in [0.2, 0.25) is 0 Å². The van der Waals surface area contributed by atoms with Gasteiger partial charge in [-0.1, -0.05) is 19.4 Å². The molecule has 0 radical (unpaired) electrons. The minimum absolute atomic E-state index is 0.250. The van der Waals surface area contributed by atoms with Gasteiger partial charge < -0.3 is 15.4 Å². The van der Waals surface area contributed by atoms with E-state index in [1.807, 2.05) is 6.92 Å². The number of methoxy groups -OCH3 is 1. The first-order valence-corrected chi connectivity index (χ1v) is 5.91. The molecular formula is C14H20N2O2. The summed E-state index contributed by atoms with van der Waals surface area (Å²) in [6, 6.07) is 6.92. The third kappa shape index (κ3) is 4.49. The van der Waals surface area contributed by atoms with Crippen LogP contribution in [0.15, 0.2) is 36.0 Å². The number of anilines is 1. The number of carbonyl (C=O) groups excluding carboxylic acids is 1. The minimum Gasteiger partial charge on any atom is -0.497 e. The van der Waals surface area contributed by atoms with Gasteiger partial charge in [0, 0.05) is 11.9 Å². The Balaban J connectivity index is 2.51. The van der Waals surface area contributed by atoms with Crippen LogP contribution in [0.4, 0.5) is 10.5 Å². The van der Waals surface area contributed by atoms with Crippen LogP contribution in [-0.4, -0.2) is 13.1 Å². The molecule has 0 heterocycles. The molecule has 0 aliphatic heterocycles. The van der Waals surface area contributed by atoms with E-state index in [1.165, 1.54) is 0 Å². The lowest BCUT2D eigenvalue weighted by atomic mass is 10.1. The molecule has 0 saturated carbocycles. The summed E-state index contributed by atoms with van der Waals surface area (Å²) in [5.74, 6) is 1.18. The molecule has 0 fully saturated rings. The van der Waals surface area contributed by atoms with Crippen molar-refractivity contribution in [1.82, 2.24) is 5.32 Å². The quantitative estimate of drug-likeness (QED) is 0.858. The number of amides is 2.